The maximum atomic E-state index is 13.9. The summed E-state index contributed by atoms with van der Waals surface area (Å²) < 4.78 is 46.0. The molecule has 3 aromatic carbocycles. The molecule has 1 aliphatic rings. The molecule has 0 saturated heterocycles. The molecule has 10 heteroatoms. The summed E-state index contributed by atoms with van der Waals surface area (Å²) in [4.78, 5) is 36.1. The number of benzene rings is 3. The van der Waals surface area contributed by atoms with E-state index in [1.165, 1.54) is 0 Å². The SMILES string of the molecule is O=C(O)CC(NC(=O)OCC1c2ccccc2-c2ccccc21)C(=O)Nc1cc(F)cc(F)c1F. The van der Waals surface area contributed by atoms with Gasteiger partial charge in [-0.15, -0.1) is 0 Å². The van der Waals surface area contributed by atoms with Crippen molar-refractivity contribution in [1.82, 2.24) is 5.32 Å². The number of nitrogens with one attached hydrogen (secondary N) is 2. The van der Waals surface area contributed by atoms with Gasteiger partial charge in [-0.05, 0) is 22.3 Å². The smallest absolute Gasteiger partial charge is 0.407 e. The first kappa shape index (κ1) is 23.8. The Hall–Kier alpha value is -4.34. The Kier molecular flexibility index (Phi) is 6.72. The van der Waals surface area contributed by atoms with E-state index in [9.17, 15) is 27.6 Å². The third-order valence-corrected chi connectivity index (χ3v) is 5.58. The lowest BCUT2D eigenvalue weighted by molar-refractivity contribution is -0.139. The van der Waals surface area contributed by atoms with Gasteiger partial charge in [-0.3, -0.25) is 9.59 Å². The fourth-order valence-electron chi connectivity index (χ4n) is 4.03. The van der Waals surface area contributed by atoms with Gasteiger partial charge in [0, 0.05) is 18.1 Å². The van der Waals surface area contributed by atoms with Gasteiger partial charge >= 0.3 is 12.1 Å². The van der Waals surface area contributed by atoms with Crippen LogP contribution in [0, 0.1) is 17.5 Å². The molecule has 180 valence electrons. The average Bonchev–Trinajstić information content (AvgIpc) is 3.14. The van der Waals surface area contributed by atoms with E-state index in [2.05, 4.69) is 5.32 Å². The van der Waals surface area contributed by atoms with E-state index in [0.29, 0.717) is 6.07 Å². The van der Waals surface area contributed by atoms with Crippen LogP contribution in [0.4, 0.5) is 23.7 Å². The number of carbonyl (C=O) groups excluding carboxylic acids is 2. The minimum Gasteiger partial charge on any atom is -0.481 e. The summed E-state index contributed by atoms with van der Waals surface area (Å²) in [7, 11) is 0. The summed E-state index contributed by atoms with van der Waals surface area (Å²) in [6, 6.07) is 14.4. The predicted octanol–water partition coefficient (Wildman–Crippen LogP) is 4.42. The van der Waals surface area contributed by atoms with Crippen molar-refractivity contribution in [2.24, 2.45) is 0 Å². The Morgan fingerprint density at radius 2 is 1.54 bits per heavy atom. The third kappa shape index (κ3) is 5.11. The monoisotopic (exact) mass is 484 g/mol. The van der Waals surface area contributed by atoms with Crippen LogP contribution in [0.3, 0.4) is 0 Å². The highest BCUT2D eigenvalue weighted by atomic mass is 19.2. The van der Waals surface area contributed by atoms with Crippen LogP contribution < -0.4 is 10.6 Å². The molecule has 0 heterocycles. The second kappa shape index (κ2) is 9.88. The van der Waals surface area contributed by atoms with Gasteiger partial charge in [-0.2, -0.15) is 0 Å². The van der Waals surface area contributed by atoms with Gasteiger partial charge in [-0.25, -0.2) is 18.0 Å². The van der Waals surface area contributed by atoms with Crippen molar-refractivity contribution in [1.29, 1.82) is 0 Å². The first-order valence-electron chi connectivity index (χ1n) is 10.5. The van der Waals surface area contributed by atoms with Crippen molar-refractivity contribution in [3.8, 4) is 11.1 Å². The zero-order valence-corrected chi connectivity index (χ0v) is 18.1. The number of ether oxygens (including phenoxy) is 1. The quantitative estimate of drug-likeness (QED) is 0.431. The van der Waals surface area contributed by atoms with E-state index in [1.807, 2.05) is 53.8 Å². The molecule has 3 aromatic rings. The van der Waals surface area contributed by atoms with Gasteiger partial charge in [0.05, 0.1) is 12.1 Å². The zero-order valence-electron chi connectivity index (χ0n) is 18.1. The van der Waals surface area contributed by atoms with Crippen LogP contribution in [0.15, 0.2) is 60.7 Å². The minimum absolute atomic E-state index is 0.0923. The van der Waals surface area contributed by atoms with Crippen molar-refractivity contribution in [3.05, 3.63) is 89.2 Å². The van der Waals surface area contributed by atoms with E-state index in [4.69, 9.17) is 9.84 Å². The number of hydrogen-bond acceptors (Lipinski definition) is 4. The fourth-order valence-corrected chi connectivity index (χ4v) is 4.03. The van der Waals surface area contributed by atoms with Gasteiger partial charge in [0.2, 0.25) is 5.91 Å². The topological polar surface area (TPSA) is 105 Å². The first-order chi connectivity index (χ1) is 16.7. The lowest BCUT2D eigenvalue weighted by Crippen LogP contribution is -2.45. The highest BCUT2D eigenvalue weighted by molar-refractivity contribution is 5.98. The van der Waals surface area contributed by atoms with Gasteiger partial charge < -0.3 is 20.5 Å². The van der Waals surface area contributed by atoms with Crippen molar-refractivity contribution in [2.75, 3.05) is 11.9 Å². The van der Waals surface area contributed by atoms with E-state index < -0.39 is 53.6 Å². The normalized spacial score (nSPS) is 12.9. The van der Waals surface area contributed by atoms with Crippen molar-refractivity contribution < 1.29 is 37.4 Å². The Morgan fingerprint density at radius 3 is 2.14 bits per heavy atom. The second-order valence-corrected chi connectivity index (χ2v) is 7.86. The van der Waals surface area contributed by atoms with Gasteiger partial charge in [0.15, 0.2) is 11.6 Å². The van der Waals surface area contributed by atoms with Gasteiger partial charge in [0.1, 0.15) is 18.5 Å². The van der Waals surface area contributed by atoms with E-state index in [-0.39, 0.29) is 18.6 Å². The molecule has 3 N–H and O–H groups in total. The summed E-state index contributed by atoms with van der Waals surface area (Å²) in [5.41, 5.74) is 3.07. The van der Waals surface area contributed by atoms with Crippen LogP contribution in [0.5, 0.6) is 0 Å². The summed E-state index contributed by atoms with van der Waals surface area (Å²) in [6.45, 7) is -0.0923. The molecule has 35 heavy (non-hydrogen) atoms. The summed E-state index contributed by atoms with van der Waals surface area (Å²) in [5.74, 6) is -7.14. The number of halogens is 3. The van der Waals surface area contributed by atoms with E-state index >= 15 is 0 Å². The minimum atomic E-state index is -1.70. The lowest BCUT2D eigenvalue weighted by atomic mass is 9.98. The number of aliphatic carboxylic acids is 1. The molecule has 2 amide bonds. The van der Waals surface area contributed by atoms with E-state index in [0.717, 1.165) is 22.3 Å². The molecule has 0 saturated carbocycles. The standard InChI is InChI=1S/C25H19F3N2O5/c26-13-9-19(27)23(28)20(10-13)29-24(33)21(11-22(31)32)30-25(34)35-12-18-16-7-3-1-5-14(16)15-6-2-4-8-17(15)18/h1-10,18,21H,11-12H2,(H,29,33)(H,30,34)(H,31,32). The average molecular weight is 484 g/mol. The van der Waals surface area contributed by atoms with Crippen molar-refractivity contribution >= 4 is 23.7 Å². The third-order valence-electron chi connectivity index (χ3n) is 5.58. The molecule has 0 radical (unpaired) electrons. The maximum Gasteiger partial charge on any atom is 0.407 e. The molecule has 7 nitrogen and oxygen atoms in total. The lowest BCUT2D eigenvalue weighted by Gasteiger charge is -2.19. The molecule has 4 rings (SSSR count). The molecule has 1 atom stereocenters. The van der Waals surface area contributed by atoms with Crippen LogP contribution in [0.1, 0.15) is 23.5 Å². The molecule has 1 unspecified atom stereocenters. The Labute approximate surface area is 197 Å². The van der Waals surface area contributed by atoms with Gasteiger partial charge in [-0.1, -0.05) is 48.5 Å². The molecule has 0 aromatic heterocycles. The highest BCUT2D eigenvalue weighted by Crippen LogP contribution is 2.44. The van der Waals surface area contributed by atoms with Crippen LogP contribution in [-0.2, 0) is 14.3 Å². The number of carbonyl (C=O) groups is 3. The number of carboxylic acids is 1. The van der Waals surface area contributed by atoms with Crippen LogP contribution in [-0.4, -0.2) is 35.7 Å². The molecule has 1 aliphatic carbocycles. The summed E-state index contributed by atoms with van der Waals surface area (Å²) in [5, 5.41) is 13.1. The number of amides is 2. The van der Waals surface area contributed by atoms with E-state index in [1.54, 1.807) is 0 Å². The molecule has 0 fully saturated rings. The van der Waals surface area contributed by atoms with Gasteiger partial charge in [0.25, 0.3) is 0 Å². The Bertz CT molecular complexity index is 1270. The summed E-state index contributed by atoms with van der Waals surface area (Å²) in [6.07, 6.45) is -1.96. The molecule has 0 aliphatic heterocycles. The highest BCUT2D eigenvalue weighted by Gasteiger charge is 2.30. The number of rotatable bonds is 7. The number of carboxylic acid groups (broad SMARTS) is 1. The molecule has 0 spiro atoms. The molecule has 0 bridgehead atoms. The predicted molar refractivity (Wildman–Crippen MR) is 119 cm³/mol. The van der Waals surface area contributed by atoms with Crippen molar-refractivity contribution in [2.45, 2.75) is 18.4 Å². The number of anilines is 1. The number of fused-ring (bicyclic) bond motifs is 3. The fraction of sp³-hybridized carbons (Fsp3) is 0.160. The van der Waals surface area contributed by atoms with Crippen LogP contribution in [0.25, 0.3) is 11.1 Å². The molecular formula is C25H19F3N2O5. The first-order valence-corrected chi connectivity index (χ1v) is 10.5. The Morgan fingerprint density at radius 1 is 0.943 bits per heavy atom. The largest absolute Gasteiger partial charge is 0.481 e. The number of alkyl carbamates (subject to hydrolysis) is 1. The Balaban J connectivity index is 1.45. The van der Waals surface area contributed by atoms with Crippen LogP contribution in [0.2, 0.25) is 0 Å². The second-order valence-electron chi connectivity index (χ2n) is 7.86. The zero-order chi connectivity index (χ0) is 25.1. The molecular weight excluding hydrogens is 465 g/mol. The van der Waals surface area contributed by atoms with Crippen molar-refractivity contribution in [3.63, 3.8) is 0 Å². The maximum absolute atomic E-state index is 13.9. The van der Waals surface area contributed by atoms with Crippen LogP contribution >= 0.6 is 0 Å². The number of hydrogen-bond donors (Lipinski definition) is 3. The summed E-state index contributed by atoms with van der Waals surface area (Å²) >= 11 is 0.